The summed E-state index contributed by atoms with van der Waals surface area (Å²) in [6, 6.07) is 9.06. The van der Waals surface area contributed by atoms with Gasteiger partial charge in [-0.25, -0.2) is 28.4 Å². The SMILES string of the molecule is C=C(C)C(=O)OCCCc1cc(-c2ccc(C3CCC(CCCCC)CC3)cc2F)cc(CCCOC(=O)C(C)(C)C)c1OCC(COC(=O)C(=O)OCCOC)COC(=O)C(=O)OCCOC. The smallest absolute Gasteiger partial charge is 0.417 e. The molecule has 0 atom stereocenters. The quantitative estimate of drug-likeness (QED) is 0.0260. The van der Waals surface area contributed by atoms with Crippen molar-refractivity contribution in [3.8, 4) is 16.9 Å². The van der Waals surface area contributed by atoms with E-state index in [9.17, 15) is 28.8 Å². The molecule has 68 heavy (non-hydrogen) atoms. The second-order valence-corrected chi connectivity index (χ2v) is 18.2. The van der Waals surface area contributed by atoms with Crippen LogP contribution >= 0.6 is 0 Å². The van der Waals surface area contributed by atoms with Gasteiger partial charge in [0.1, 0.15) is 38.0 Å². The fourth-order valence-corrected chi connectivity index (χ4v) is 7.55. The molecule has 1 fully saturated rings. The topological polar surface area (TPSA) is 185 Å². The van der Waals surface area contributed by atoms with E-state index in [-0.39, 0.29) is 75.9 Å². The van der Waals surface area contributed by atoms with Gasteiger partial charge < -0.3 is 42.6 Å². The molecule has 0 heterocycles. The summed E-state index contributed by atoms with van der Waals surface area (Å²) in [7, 11) is 2.79. The first-order valence-electron chi connectivity index (χ1n) is 23.7. The van der Waals surface area contributed by atoms with Crippen molar-refractivity contribution in [2.45, 2.75) is 118 Å². The summed E-state index contributed by atoms with van der Waals surface area (Å²) in [4.78, 5) is 74.7. The Labute approximate surface area is 401 Å². The van der Waals surface area contributed by atoms with Gasteiger partial charge in [-0.1, -0.05) is 51.3 Å². The number of rotatable bonds is 28. The third-order valence-electron chi connectivity index (χ3n) is 11.4. The van der Waals surface area contributed by atoms with Crippen LogP contribution in [0, 0.1) is 23.1 Å². The van der Waals surface area contributed by atoms with E-state index in [2.05, 4.69) is 13.5 Å². The molecule has 2 aromatic carbocycles. The van der Waals surface area contributed by atoms with Crippen molar-refractivity contribution in [3.63, 3.8) is 0 Å². The van der Waals surface area contributed by atoms with Crippen LogP contribution in [-0.2, 0) is 79.5 Å². The van der Waals surface area contributed by atoms with Crippen molar-refractivity contribution >= 4 is 35.8 Å². The second-order valence-electron chi connectivity index (χ2n) is 18.2. The van der Waals surface area contributed by atoms with Crippen LogP contribution in [0.5, 0.6) is 5.75 Å². The minimum absolute atomic E-state index is 0.0346. The molecule has 0 unspecified atom stereocenters. The second kappa shape index (κ2) is 30.2. The van der Waals surface area contributed by atoms with E-state index in [1.165, 1.54) is 39.9 Å². The predicted octanol–water partition coefficient (Wildman–Crippen LogP) is 8.38. The van der Waals surface area contributed by atoms with Gasteiger partial charge in [0, 0.05) is 25.4 Å². The summed E-state index contributed by atoms with van der Waals surface area (Å²) in [6.07, 6.45) is 10.5. The largest absolute Gasteiger partial charge is 0.492 e. The maximum atomic E-state index is 16.4. The van der Waals surface area contributed by atoms with E-state index in [0.717, 1.165) is 31.2 Å². The van der Waals surface area contributed by atoms with Gasteiger partial charge in [-0.3, -0.25) is 4.79 Å². The molecular formula is C52H73FO15. The molecule has 0 saturated heterocycles. The molecular weight excluding hydrogens is 884 g/mol. The average Bonchev–Trinajstić information content (AvgIpc) is 3.31. The molecule has 1 saturated carbocycles. The highest BCUT2D eigenvalue weighted by molar-refractivity contribution is 6.30. The minimum Gasteiger partial charge on any atom is -0.492 e. The Morgan fingerprint density at radius 3 is 1.69 bits per heavy atom. The molecule has 1 aliphatic rings. The normalized spacial score (nSPS) is 14.7. The summed E-state index contributed by atoms with van der Waals surface area (Å²) >= 11 is 0. The maximum absolute atomic E-state index is 16.4. The van der Waals surface area contributed by atoms with Gasteiger partial charge in [0.25, 0.3) is 0 Å². The molecule has 0 N–H and O–H groups in total. The van der Waals surface area contributed by atoms with Crippen molar-refractivity contribution in [1.82, 2.24) is 0 Å². The van der Waals surface area contributed by atoms with Crippen LogP contribution in [0.1, 0.15) is 121 Å². The number of carbonyl (C=O) groups excluding carboxylic acids is 6. The number of aryl methyl sites for hydroxylation is 2. The van der Waals surface area contributed by atoms with Crippen LogP contribution in [0.4, 0.5) is 4.39 Å². The summed E-state index contributed by atoms with van der Waals surface area (Å²) in [5.41, 5.74) is 2.64. The zero-order valence-corrected chi connectivity index (χ0v) is 41.2. The maximum Gasteiger partial charge on any atom is 0.417 e. The zero-order valence-electron chi connectivity index (χ0n) is 41.2. The number of methoxy groups -OCH3 is 2. The molecule has 0 aliphatic heterocycles. The van der Waals surface area contributed by atoms with Crippen LogP contribution in [0.25, 0.3) is 11.1 Å². The van der Waals surface area contributed by atoms with E-state index in [4.69, 9.17) is 42.6 Å². The molecule has 3 rings (SSSR count). The Bertz CT molecular complexity index is 1930. The van der Waals surface area contributed by atoms with Gasteiger partial charge in [0.05, 0.1) is 44.4 Å². The predicted molar refractivity (Wildman–Crippen MR) is 250 cm³/mol. The Morgan fingerprint density at radius 1 is 0.662 bits per heavy atom. The number of hydrogen-bond donors (Lipinski definition) is 0. The Morgan fingerprint density at radius 2 is 1.19 bits per heavy atom. The lowest BCUT2D eigenvalue weighted by molar-refractivity contribution is -0.172. The van der Waals surface area contributed by atoms with Gasteiger partial charge in [-0.2, -0.15) is 0 Å². The van der Waals surface area contributed by atoms with Crippen LogP contribution in [0.3, 0.4) is 0 Å². The van der Waals surface area contributed by atoms with Crippen molar-refractivity contribution in [2.24, 2.45) is 17.3 Å². The van der Waals surface area contributed by atoms with Gasteiger partial charge in [0.2, 0.25) is 0 Å². The third-order valence-corrected chi connectivity index (χ3v) is 11.4. The molecule has 0 radical (unpaired) electrons. The molecule has 16 heteroatoms. The van der Waals surface area contributed by atoms with Crippen LogP contribution in [0.2, 0.25) is 0 Å². The van der Waals surface area contributed by atoms with Crippen molar-refractivity contribution in [1.29, 1.82) is 0 Å². The number of esters is 6. The number of halogens is 1. The lowest BCUT2D eigenvalue weighted by Gasteiger charge is -2.29. The zero-order chi connectivity index (χ0) is 50.1. The molecule has 378 valence electrons. The van der Waals surface area contributed by atoms with Gasteiger partial charge >= 0.3 is 35.8 Å². The Balaban J connectivity index is 2.02. The van der Waals surface area contributed by atoms with Crippen LogP contribution in [-0.4, -0.2) is 109 Å². The Kier molecular flexibility index (Phi) is 25.3. The average molecular weight is 957 g/mol. The van der Waals surface area contributed by atoms with Crippen molar-refractivity contribution in [2.75, 3.05) is 73.7 Å². The van der Waals surface area contributed by atoms with Crippen molar-refractivity contribution in [3.05, 3.63) is 65.0 Å². The molecule has 0 aromatic heterocycles. The van der Waals surface area contributed by atoms with Crippen LogP contribution in [0.15, 0.2) is 42.5 Å². The fourth-order valence-electron chi connectivity index (χ4n) is 7.55. The lowest BCUT2D eigenvalue weighted by atomic mass is 9.77. The van der Waals surface area contributed by atoms with E-state index >= 15 is 4.39 Å². The van der Waals surface area contributed by atoms with E-state index < -0.39 is 54.4 Å². The number of ether oxygens (including phenoxy) is 9. The number of hydrogen-bond acceptors (Lipinski definition) is 15. The van der Waals surface area contributed by atoms with Crippen LogP contribution < -0.4 is 4.74 Å². The summed E-state index contributed by atoms with van der Waals surface area (Å²) in [5.74, 6) is -6.10. The molecule has 0 bridgehead atoms. The van der Waals surface area contributed by atoms with E-state index in [0.29, 0.717) is 53.2 Å². The molecule has 2 aromatic rings. The van der Waals surface area contributed by atoms with E-state index in [1.807, 2.05) is 12.1 Å². The summed E-state index contributed by atoms with van der Waals surface area (Å²) in [5, 5.41) is 0. The van der Waals surface area contributed by atoms with Crippen molar-refractivity contribution < 1.29 is 75.8 Å². The van der Waals surface area contributed by atoms with Gasteiger partial charge in [-0.15, -0.1) is 0 Å². The number of benzene rings is 2. The first kappa shape index (κ1) is 57.0. The molecule has 1 aliphatic carbocycles. The molecule has 0 amide bonds. The number of unbranched alkanes of at least 4 members (excludes halogenated alkanes) is 2. The highest BCUT2D eigenvalue weighted by Crippen LogP contribution is 2.40. The summed E-state index contributed by atoms with van der Waals surface area (Å²) < 4.78 is 63.8. The minimum atomic E-state index is -1.32. The number of carbonyl (C=O) groups is 6. The molecule has 0 spiro atoms. The lowest BCUT2D eigenvalue weighted by Crippen LogP contribution is -2.31. The monoisotopic (exact) mass is 956 g/mol. The van der Waals surface area contributed by atoms with Gasteiger partial charge in [-0.05, 0) is 131 Å². The highest BCUT2D eigenvalue weighted by atomic mass is 19.1. The molecule has 15 nitrogen and oxygen atoms in total. The van der Waals surface area contributed by atoms with Gasteiger partial charge in [0.15, 0.2) is 0 Å². The fraction of sp³-hybridized carbons (Fsp3) is 0.615. The first-order chi connectivity index (χ1) is 32.5. The van der Waals surface area contributed by atoms with E-state index in [1.54, 1.807) is 45.9 Å². The third kappa shape index (κ3) is 20.1. The first-order valence-corrected chi connectivity index (χ1v) is 23.7. The standard InChI is InChI=1S/C52H73FO15/c1-9-10-11-14-36-17-19-38(20-18-36)39-21-22-43(44(53)31-39)42-29-40(15-12-23-62-46(54)35(2)3)45(41(30-42)16-13-24-65-51(59)52(4,5)6)66-32-37(33-67-49(57)47(55)63-27-25-60-7)34-68-50(58)48(56)64-28-26-61-8/h21-22,29-31,36-38H,2,9-20,23-28,32-34H2,1,3-8H3. The highest BCUT2D eigenvalue weighted by Gasteiger charge is 2.27. The summed E-state index contributed by atoms with van der Waals surface area (Å²) in [6.45, 7) is 11.2. The Hall–Kier alpha value is -5.35.